The van der Waals surface area contributed by atoms with Crippen molar-refractivity contribution in [1.82, 2.24) is 9.78 Å². The van der Waals surface area contributed by atoms with Gasteiger partial charge in [-0.25, -0.2) is 0 Å². The fourth-order valence-electron chi connectivity index (χ4n) is 2.36. The van der Waals surface area contributed by atoms with E-state index in [-0.39, 0.29) is 6.04 Å². The zero-order valence-corrected chi connectivity index (χ0v) is 13.3. The third-order valence-electron chi connectivity index (χ3n) is 3.71. The average molecular weight is 292 g/mol. The van der Waals surface area contributed by atoms with Gasteiger partial charge in [-0.3, -0.25) is 4.68 Å². The minimum Gasteiger partial charge on any atom is -0.324 e. The molecule has 0 aliphatic heterocycles. The molecule has 0 spiro atoms. The van der Waals surface area contributed by atoms with Gasteiger partial charge in [-0.1, -0.05) is 49.7 Å². The van der Waals surface area contributed by atoms with Gasteiger partial charge in [0.2, 0.25) is 0 Å². The van der Waals surface area contributed by atoms with Gasteiger partial charge < -0.3 is 5.73 Å². The van der Waals surface area contributed by atoms with Gasteiger partial charge in [0.25, 0.3) is 0 Å². The van der Waals surface area contributed by atoms with Crippen LogP contribution in [0, 0.1) is 6.92 Å². The monoisotopic (exact) mass is 291 g/mol. The lowest BCUT2D eigenvalue weighted by atomic mass is 9.97. The summed E-state index contributed by atoms with van der Waals surface area (Å²) in [6, 6.07) is 8.45. The van der Waals surface area contributed by atoms with Crippen LogP contribution in [0.5, 0.6) is 0 Å². The third kappa shape index (κ3) is 3.05. The Morgan fingerprint density at radius 1 is 1.20 bits per heavy atom. The lowest BCUT2D eigenvalue weighted by molar-refractivity contribution is 0.639. The van der Waals surface area contributed by atoms with Crippen LogP contribution >= 0.6 is 11.6 Å². The van der Waals surface area contributed by atoms with E-state index in [4.69, 9.17) is 17.3 Å². The summed E-state index contributed by atoms with van der Waals surface area (Å²) in [6.07, 6.45) is 0.692. The number of aromatic nitrogens is 2. The molecule has 2 N–H and O–H groups in total. The molecule has 2 rings (SSSR count). The summed E-state index contributed by atoms with van der Waals surface area (Å²) in [7, 11) is 1.91. The Kier molecular flexibility index (Phi) is 4.51. The molecule has 0 fully saturated rings. The van der Waals surface area contributed by atoms with Crippen LogP contribution in [0.1, 0.15) is 48.3 Å². The van der Waals surface area contributed by atoms with E-state index in [2.05, 4.69) is 43.2 Å². The fraction of sp³-hybridized carbons (Fsp3) is 0.438. The van der Waals surface area contributed by atoms with Crippen LogP contribution in [-0.4, -0.2) is 9.78 Å². The molecule has 1 unspecified atom stereocenters. The second-order valence-corrected chi connectivity index (χ2v) is 5.98. The molecule has 1 aromatic heterocycles. The lowest BCUT2D eigenvalue weighted by Crippen LogP contribution is -2.15. The van der Waals surface area contributed by atoms with E-state index < -0.39 is 0 Å². The Morgan fingerprint density at radius 3 is 2.20 bits per heavy atom. The molecule has 0 saturated carbocycles. The van der Waals surface area contributed by atoms with Crippen molar-refractivity contribution in [2.45, 2.75) is 39.2 Å². The maximum absolute atomic E-state index is 6.30. The zero-order chi connectivity index (χ0) is 14.9. The molecule has 0 aliphatic rings. The van der Waals surface area contributed by atoms with E-state index in [0.717, 1.165) is 22.0 Å². The predicted molar refractivity (Wildman–Crippen MR) is 84.1 cm³/mol. The molecule has 4 heteroatoms. The van der Waals surface area contributed by atoms with Gasteiger partial charge in [-0.05, 0) is 24.0 Å². The largest absolute Gasteiger partial charge is 0.324 e. The quantitative estimate of drug-likeness (QED) is 0.932. The molecule has 2 aromatic rings. The van der Waals surface area contributed by atoms with E-state index in [0.29, 0.717) is 12.3 Å². The van der Waals surface area contributed by atoms with E-state index >= 15 is 0 Å². The Balaban J connectivity index is 2.17. The highest BCUT2D eigenvalue weighted by Gasteiger charge is 2.15. The van der Waals surface area contributed by atoms with Crippen molar-refractivity contribution in [3.63, 3.8) is 0 Å². The number of benzene rings is 1. The maximum Gasteiger partial charge on any atom is 0.0847 e. The molecule has 0 aliphatic carbocycles. The summed E-state index contributed by atoms with van der Waals surface area (Å²) in [5.74, 6) is 0.537. The minimum atomic E-state index is -0.0662. The summed E-state index contributed by atoms with van der Waals surface area (Å²) in [5.41, 5.74) is 10.6. The van der Waals surface area contributed by atoms with Crippen LogP contribution in [0.3, 0.4) is 0 Å². The van der Waals surface area contributed by atoms with Crippen molar-refractivity contribution < 1.29 is 0 Å². The standard InChI is InChI=1S/C16H22ClN3/c1-10(2)12-5-7-13(8-6-12)14(18)9-15-16(17)11(3)19-20(15)4/h5-8,10,14H,9,18H2,1-4H3. The van der Waals surface area contributed by atoms with Gasteiger partial charge in [0.05, 0.1) is 16.4 Å². The van der Waals surface area contributed by atoms with Crippen molar-refractivity contribution in [3.8, 4) is 0 Å². The van der Waals surface area contributed by atoms with Crippen LogP contribution in [0.2, 0.25) is 5.02 Å². The van der Waals surface area contributed by atoms with Crippen LogP contribution in [0.25, 0.3) is 0 Å². The fourth-order valence-corrected chi connectivity index (χ4v) is 2.59. The van der Waals surface area contributed by atoms with Gasteiger partial charge in [-0.2, -0.15) is 5.10 Å². The highest BCUT2D eigenvalue weighted by molar-refractivity contribution is 6.31. The smallest absolute Gasteiger partial charge is 0.0847 e. The molecular weight excluding hydrogens is 270 g/mol. The molecular formula is C16H22ClN3. The lowest BCUT2D eigenvalue weighted by Gasteiger charge is -2.14. The minimum absolute atomic E-state index is 0.0662. The molecule has 1 heterocycles. The highest BCUT2D eigenvalue weighted by atomic mass is 35.5. The number of nitrogens with two attached hydrogens (primary N) is 1. The normalized spacial score (nSPS) is 12.9. The Labute approximate surface area is 125 Å². The predicted octanol–water partition coefficient (Wildman–Crippen LogP) is 3.75. The second-order valence-electron chi connectivity index (χ2n) is 5.60. The molecule has 1 aromatic carbocycles. The number of hydrogen-bond donors (Lipinski definition) is 1. The number of hydrogen-bond acceptors (Lipinski definition) is 2. The zero-order valence-electron chi connectivity index (χ0n) is 12.5. The van der Waals surface area contributed by atoms with Gasteiger partial charge in [-0.15, -0.1) is 0 Å². The Morgan fingerprint density at radius 2 is 1.75 bits per heavy atom. The first-order chi connectivity index (χ1) is 9.40. The third-order valence-corrected chi connectivity index (χ3v) is 4.20. The molecule has 0 saturated heterocycles. The van der Waals surface area contributed by atoms with Crippen molar-refractivity contribution in [3.05, 3.63) is 51.8 Å². The number of nitrogens with zero attached hydrogens (tertiary/aromatic N) is 2. The summed E-state index contributed by atoms with van der Waals surface area (Å²) in [4.78, 5) is 0. The molecule has 20 heavy (non-hydrogen) atoms. The Bertz CT molecular complexity index is 585. The number of halogens is 1. The van der Waals surface area contributed by atoms with Crippen molar-refractivity contribution in [1.29, 1.82) is 0 Å². The summed E-state index contributed by atoms with van der Waals surface area (Å²) in [6.45, 7) is 6.29. The highest BCUT2D eigenvalue weighted by Crippen LogP contribution is 2.25. The molecule has 108 valence electrons. The summed E-state index contributed by atoms with van der Waals surface area (Å²) in [5, 5.41) is 5.05. The molecule has 0 amide bonds. The van der Waals surface area contributed by atoms with Crippen LogP contribution in [-0.2, 0) is 13.5 Å². The first-order valence-corrected chi connectivity index (χ1v) is 7.31. The summed E-state index contributed by atoms with van der Waals surface area (Å²) < 4.78 is 1.82. The van der Waals surface area contributed by atoms with Gasteiger partial charge in [0.15, 0.2) is 0 Å². The van der Waals surface area contributed by atoms with Gasteiger partial charge in [0.1, 0.15) is 0 Å². The summed E-state index contributed by atoms with van der Waals surface area (Å²) >= 11 is 6.27. The van der Waals surface area contributed by atoms with Crippen LogP contribution in [0.4, 0.5) is 0 Å². The SMILES string of the molecule is Cc1nn(C)c(CC(N)c2ccc(C(C)C)cc2)c1Cl. The Hall–Kier alpha value is -1.32. The van der Waals surface area contributed by atoms with E-state index in [1.165, 1.54) is 5.56 Å². The number of rotatable bonds is 4. The topological polar surface area (TPSA) is 43.8 Å². The van der Waals surface area contributed by atoms with Crippen molar-refractivity contribution >= 4 is 11.6 Å². The number of aryl methyl sites for hydroxylation is 2. The average Bonchev–Trinajstić information content (AvgIpc) is 2.65. The second kappa shape index (κ2) is 5.98. The molecule has 0 radical (unpaired) electrons. The van der Waals surface area contributed by atoms with Crippen LogP contribution in [0.15, 0.2) is 24.3 Å². The first kappa shape index (κ1) is 15.1. The molecule has 3 nitrogen and oxygen atoms in total. The van der Waals surface area contributed by atoms with E-state index in [1.807, 2.05) is 18.7 Å². The van der Waals surface area contributed by atoms with E-state index in [1.54, 1.807) is 0 Å². The van der Waals surface area contributed by atoms with Gasteiger partial charge in [0, 0.05) is 19.5 Å². The molecule has 0 bridgehead atoms. The first-order valence-electron chi connectivity index (χ1n) is 6.93. The van der Waals surface area contributed by atoms with E-state index in [9.17, 15) is 0 Å². The maximum atomic E-state index is 6.30. The molecule has 1 atom stereocenters. The van der Waals surface area contributed by atoms with Gasteiger partial charge >= 0.3 is 0 Å². The van der Waals surface area contributed by atoms with Crippen molar-refractivity contribution in [2.75, 3.05) is 0 Å². The van der Waals surface area contributed by atoms with Crippen molar-refractivity contribution in [2.24, 2.45) is 12.8 Å². The van der Waals surface area contributed by atoms with Crippen LogP contribution < -0.4 is 5.73 Å².